The van der Waals surface area contributed by atoms with E-state index in [9.17, 15) is 9.90 Å². The number of aliphatic hydroxyl groups excluding tert-OH is 1. The number of methoxy groups -OCH3 is 1. The van der Waals surface area contributed by atoms with Gasteiger partial charge in [-0.2, -0.15) is 0 Å². The third-order valence-electron chi connectivity index (χ3n) is 3.59. The van der Waals surface area contributed by atoms with Crippen molar-refractivity contribution in [1.29, 1.82) is 0 Å². The van der Waals surface area contributed by atoms with Crippen LogP contribution in [0, 0.1) is 5.92 Å². The van der Waals surface area contributed by atoms with Gasteiger partial charge in [0.25, 0.3) is 0 Å². The van der Waals surface area contributed by atoms with Crippen LogP contribution < -0.4 is 4.74 Å². The molecule has 0 amide bonds. The number of aryl methyl sites for hydroxylation is 1. The van der Waals surface area contributed by atoms with E-state index in [-0.39, 0.29) is 6.42 Å². The number of hydrogen-bond acceptors (Lipinski definition) is 3. The molecule has 0 aromatic heterocycles. The Balaban J connectivity index is 2.28. The molecule has 0 radical (unpaired) electrons. The van der Waals surface area contributed by atoms with E-state index < -0.39 is 12.1 Å². The molecule has 0 aliphatic carbocycles. The monoisotopic (exact) mass is 306 g/mol. The summed E-state index contributed by atoms with van der Waals surface area (Å²) in [4.78, 5) is 10.4. The molecular weight excluding hydrogens is 280 g/mol. The van der Waals surface area contributed by atoms with Crippen molar-refractivity contribution in [3.05, 3.63) is 42.0 Å². The van der Waals surface area contributed by atoms with Crippen LogP contribution in [-0.2, 0) is 11.2 Å². The van der Waals surface area contributed by atoms with Crippen molar-refractivity contribution in [1.82, 2.24) is 0 Å². The highest BCUT2D eigenvalue weighted by atomic mass is 16.5. The van der Waals surface area contributed by atoms with Gasteiger partial charge in [-0.25, -0.2) is 0 Å². The molecule has 0 spiro atoms. The largest absolute Gasteiger partial charge is 0.497 e. The number of hydrogen-bond donors (Lipinski definition) is 2. The second-order valence-electron chi connectivity index (χ2n) is 5.62. The molecule has 0 heterocycles. The zero-order chi connectivity index (χ0) is 16.4. The highest BCUT2D eigenvalue weighted by Gasteiger charge is 2.05. The maximum Gasteiger partial charge on any atom is 0.303 e. The Labute approximate surface area is 132 Å². The Morgan fingerprint density at radius 2 is 2.14 bits per heavy atom. The molecule has 1 aromatic rings. The predicted octanol–water partition coefficient (Wildman–Crippen LogP) is 3.44. The fourth-order valence-electron chi connectivity index (χ4n) is 2.19. The lowest BCUT2D eigenvalue weighted by Crippen LogP contribution is -2.08. The molecule has 0 saturated carbocycles. The molecule has 22 heavy (non-hydrogen) atoms. The fourth-order valence-corrected chi connectivity index (χ4v) is 2.19. The molecule has 2 N–H and O–H groups in total. The van der Waals surface area contributed by atoms with Crippen LogP contribution in [0.25, 0.3) is 0 Å². The second kappa shape index (κ2) is 10.0. The number of aliphatic carboxylic acids is 1. The van der Waals surface area contributed by atoms with Crippen molar-refractivity contribution in [3.8, 4) is 5.75 Å². The van der Waals surface area contributed by atoms with Crippen molar-refractivity contribution >= 4 is 5.97 Å². The van der Waals surface area contributed by atoms with Crippen molar-refractivity contribution in [2.24, 2.45) is 5.92 Å². The van der Waals surface area contributed by atoms with Gasteiger partial charge < -0.3 is 14.9 Å². The smallest absolute Gasteiger partial charge is 0.303 e. The topological polar surface area (TPSA) is 66.8 Å². The highest BCUT2D eigenvalue weighted by molar-refractivity contribution is 5.66. The first-order valence-electron chi connectivity index (χ1n) is 7.70. The van der Waals surface area contributed by atoms with Gasteiger partial charge in [-0.3, -0.25) is 4.79 Å². The van der Waals surface area contributed by atoms with Gasteiger partial charge in [0, 0.05) is 6.42 Å². The molecule has 0 aliphatic heterocycles. The number of benzene rings is 1. The van der Waals surface area contributed by atoms with E-state index >= 15 is 0 Å². The van der Waals surface area contributed by atoms with Crippen LogP contribution in [0.2, 0.25) is 0 Å². The number of carbonyl (C=O) groups is 1. The van der Waals surface area contributed by atoms with Crippen molar-refractivity contribution in [3.63, 3.8) is 0 Å². The van der Waals surface area contributed by atoms with Crippen LogP contribution in [0.15, 0.2) is 36.4 Å². The molecule has 4 heteroatoms. The van der Waals surface area contributed by atoms with Crippen molar-refractivity contribution < 1.29 is 19.7 Å². The van der Waals surface area contributed by atoms with E-state index in [0.717, 1.165) is 18.6 Å². The van der Waals surface area contributed by atoms with Gasteiger partial charge in [-0.15, -0.1) is 0 Å². The SMILES string of the molecule is COc1cccc(CCC(C)C=CCC(O)CCC(=O)O)c1. The first kappa shape index (κ1) is 18.2. The number of carboxylic acid groups (broad SMARTS) is 1. The molecule has 122 valence electrons. The number of rotatable bonds is 10. The third kappa shape index (κ3) is 7.84. The third-order valence-corrected chi connectivity index (χ3v) is 3.59. The van der Waals surface area contributed by atoms with E-state index in [1.807, 2.05) is 24.3 Å². The average molecular weight is 306 g/mol. The van der Waals surface area contributed by atoms with Gasteiger partial charge in [0.05, 0.1) is 13.2 Å². The summed E-state index contributed by atoms with van der Waals surface area (Å²) in [7, 11) is 1.67. The Morgan fingerprint density at radius 3 is 2.82 bits per heavy atom. The van der Waals surface area contributed by atoms with E-state index in [0.29, 0.717) is 18.8 Å². The first-order valence-corrected chi connectivity index (χ1v) is 7.70. The molecule has 0 fully saturated rings. The van der Waals surface area contributed by atoms with Gasteiger partial charge in [0.1, 0.15) is 5.75 Å². The minimum atomic E-state index is -0.866. The quantitative estimate of drug-likeness (QED) is 0.650. The standard InChI is InChI=1S/C18H26O4/c1-14(5-3-7-16(19)11-12-18(20)21)9-10-15-6-4-8-17(13-15)22-2/h3-6,8,13-14,16,19H,7,9-12H2,1-2H3,(H,20,21). The van der Waals surface area contributed by atoms with E-state index in [1.54, 1.807) is 7.11 Å². The summed E-state index contributed by atoms with van der Waals surface area (Å²) in [5.74, 6) is 0.426. The summed E-state index contributed by atoms with van der Waals surface area (Å²) in [6.45, 7) is 2.14. The van der Waals surface area contributed by atoms with Crippen LogP contribution in [-0.4, -0.2) is 29.4 Å². The highest BCUT2D eigenvalue weighted by Crippen LogP contribution is 2.16. The Morgan fingerprint density at radius 1 is 1.36 bits per heavy atom. The molecule has 2 atom stereocenters. The number of ether oxygens (including phenoxy) is 1. The summed E-state index contributed by atoms with van der Waals surface area (Å²) in [6, 6.07) is 8.07. The van der Waals surface area contributed by atoms with Crippen LogP contribution in [0.4, 0.5) is 0 Å². The number of carboxylic acids is 1. The minimum absolute atomic E-state index is 0.0143. The van der Waals surface area contributed by atoms with Gasteiger partial charge in [0.2, 0.25) is 0 Å². The van der Waals surface area contributed by atoms with Crippen LogP contribution in [0.1, 0.15) is 38.2 Å². The number of aliphatic hydroxyl groups is 1. The summed E-state index contributed by atoms with van der Waals surface area (Å²) >= 11 is 0. The van der Waals surface area contributed by atoms with E-state index in [4.69, 9.17) is 9.84 Å². The molecule has 1 aromatic carbocycles. The summed E-state index contributed by atoms with van der Waals surface area (Å²) < 4.78 is 5.21. The minimum Gasteiger partial charge on any atom is -0.497 e. The Bertz CT molecular complexity index is 482. The Kier molecular flexibility index (Phi) is 8.30. The van der Waals surface area contributed by atoms with E-state index in [1.165, 1.54) is 5.56 Å². The first-order chi connectivity index (χ1) is 10.5. The summed E-state index contributed by atoms with van der Waals surface area (Å²) in [5, 5.41) is 18.2. The van der Waals surface area contributed by atoms with Crippen molar-refractivity contribution in [2.75, 3.05) is 7.11 Å². The van der Waals surface area contributed by atoms with Crippen LogP contribution in [0.3, 0.4) is 0 Å². The predicted molar refractivity (Wildman–Crippen MR) is 87.1 cm³/mol. The van der Waals surface area contributed by atoms with E-state index in [2.05, 4.69) is 19.1 Å². The van der Waals surface area contributed by atoms with Crippen LogP contribution >= 0.6 is 0 Å². The lowest BCUT2D eigenvalue weighted by atomic mass is 9.99. The lowest BCUT2D eigenvalue weighted by molar-refractivity contribution is -0.137. The fraction of sp³-hybridized carbons (Fsp3) is 0.500. The summed E-state index contributed by atoms with van der Waals surface area (Å²) in [6.07, 6.45) is 6.29. The zero-order valence-electron chi connectivity index (χ0n) is 13.4. The van der Waals surface area contributed by atoms with Gasteiger partial charge in [0.15, 0.2) is 0 Å². The molecule has 0 saturated heterocycles. The molecule has 0 aliphatic rings. The summed E-state index contributed by atoms with van der Waals surface area (Å²) in [5.41, 5.74) is 1.25. The maximum atomic E-state index is 10.4. The number of allylic oxidation sites excluding steroid dienone is 1. The lowest BCUT2D eigenvalue weighted by Gasteiger charge is -2.09. The molecular formula is C18H26O4. The molecule has 1 rings (SSSR count). The Hall–Kier alpha value is -1.81. The van der Waals surface area contributed by atoms with Gasteiger partial charge in [-0.1, -0.05) is 31.2 Å². The van der Waals surface area contributed by atoms with Gasteiger partial charge in [-0.05, 0) is 49.3 Å². The normalized spacial score (nSPS) is 14.0. The molecule has 0 bridgehead atoms. The van der Waals surface area contributed by atoms with Gasteiger partial charge >= 0.3 is 5.97 Å². The maximum absolute atomic E-state index is 10.4. The molecule has 4 nitrogen and oxygen atoms in total. The van der Waals surface area contributed by atoms with Crippen LogP contribution in [0.5, 0.6) is 5.75 Å². The molecule has 2 unspecified atom stereocenters. The zero-order valence-corrected chi connectivity index (χ0v) is 13.4. The van der Waals surface area contributed by atoms with Crippen molar-refractivity contribution in [2.45, 2.75) is 45.1 Å². The second-order valence-corrected chi connectivity index (χ2v) is 5.62. The average Bonchev–Trinajstić information content (AvgIpc) is 2.51.